The first-order valence-electron chi connectivity index (χ1n) is 8.52. The second-order valence-electron chi connectivity index (χ2n) is 5.83. The lowest BCUT2D eigenvalue weighted by atomic mass is 10.4. The van der Waals surface area contributed by atoms with Gasteiger partial charge in [-0.15, -0.1) is 0 Å². The highest BCUT2D eigenvalue weighted by Gasteiger charge is 2.21. The third kappa shape index (κ3) is 15.2. The Labute approximate surface area is 169 Å². The molecule has 0 aromatic heterocycles. The molecule has 0 fully saturated rings. The minimum absolute atomic E-state index is 0.198. The standard InChI is InChI=1S/C16H28O11P2/c1-13(2)15(17)24-5-7-26-28(19,20)11-9-23-10-12-29(21,22)27-8-6-25-16(18)14(3)4/h1,3,5-12H2,2,4H3,(H,19,20)(H,21,22). The molecule has 0 saturated heterocycles. The normalized spacial score (nSPS) is 15.0. The fourth-order valence-electron chi connectivity index (χ4n) is 1.47. The molecule has 0 spiro atoms. The molecule has 2 atom stereocenters. The van der Waals surface area contributed by atoms with Gasteiger partial charge in [-0.25, -0.2) is 9.59 Å². The van der Waals surface area contributed by atoms with Crippen molar-refractivity contribution < 1.29 is 51.8 Å². The lowest BCUT2D eigenvalue weighted by molar-refractivity contribution is -0.140. The summed E-state index contributed by atoms with van der Waals surface area (Å²) in [5, 5.41) is 0. The minimum atomic E-state index is -3.95. The molecule has 11 nitrogen and oxygen atoms in total. The molecule has 0 radical (unpaired) electrons. The van der Waals surface area contributed by atoms with Gasteiger partial charge < -0.3 is 33.0 Å². The lowest BCUT2D eigenvalue weighted by Crippen LogP contribution is -2.13. The molecule has 0 rings (SSSR count). The zero-order valence-electron chi connectivity index (χ0n) is 16.5. The molecule has 2 N–H and O–H groups in total. The van der Waals surface area contributed by atoms with Crippen molar-refractivity contribution in [2.75, 3.05) is 52.0 Å². The molecular weight excluding hydrogens is 430 g/mol. The van der Waals surface area contributed by atoms with Crippen LogP contribution in [0.4, 0.5) is 0 Å². The fourth-order valence-corrected chi connectivity index (χ4v) is 3.16. The van der Waals surface area contributed by atoms with Crippen LogP contribution >= 0.6 is 15.2 Å². The van der Waals surface area contributed by atoms with E-state index in [9.17, 15) is 28.5 Å². The Hall–Kier alpha value is -1.32. The number of carbonyl (C=O) groups excluding carboxylic acids is 2. The monoisotopic (exact) mass is 458 g/mol. The van der Waals surface area contributed by atoms with E-state index in [2.05, 4.69) is 13.2 Å². The van der Waals surface area contributed by atoms with E-state index in [1.807, 2.05) is 0 Å². The molecule has 0 aliphatic rings. The van der Waals surface area contributed by atoms with Gasteiger partial charge in [-0.3, -0.25) is 9.13 Å². The highest BCUT2D eigenvalue weighted by molar-refractivity contribution is 7.53. The van der Waals surface area contributed by atoms with Crippen LogP contribution in [0, 0.1) is 0 Å². The summed E-state index contributed by atoms with van der Waals surface area (Å²) in [6, 6.07) is 0. The first-order chi connectivity index (χ1) is 13.4. The topological polar surface area (TPSA) is 155 Å². The number of esters is 2. The molecule has 0 bridgehead atoms. The first-order valence-corrected chi connectivity index (χ1v) is 12.0. The number of carbonyl (C=O) groups is 2. The summed E-state index contributed by atoms with van der Waals surface area (Å²) in [5.74, 6) is -1.26. The summed E-state index contributed by atoms with van der Waals surface area (Å²) in [4.78, 5) is 41.4. The molecular formula is C16H28O11P2. The quantitative estimate of drug-likeness (QED) is 0.150. The van der Waals surface area contributed by atoms with E-state index in [4.69, 9.17) is 23.3 Å². The lowest BCUT2D eigenvalue weighted by Gasteiger charge is -2.14. The van der Waals surface area contributed by atoms with Crippen molar-refractivity contribution in [1.82, 2.24) is 0 Å². The SMILES string of the molecule is C=C(C)C(=O)OCCOP(=O)(O)CCOCCP(=O)(O)OCCOC(=O)C(=C)C. The van der Waals surface area contributed by atoms with Gasteiger partial charge in [-0.2, -0.15) is 0 Å². The van der Waals surface area contributed by atoms with Crippen LogP contribution in [0.1, 0.15) is 13.8 Å². The van der Waals surface area contributed by atoms with E-state index in [0.717, 1.165) is 0 Å². The van der Waals surface area contributed by atoms with Crippen molar-refractivity contribution in [2.45, 2.75) is 13.8 Å². The van der Waals surface area contributed by atoms with E-state index >= 15 is 0 Å². The second-order valence-corrected chi connectivity index (χ2v) is 9.79. The van der Waals surface area contributed by atoms with E-state index in [-0.39, 0.29) is 63.1 Å². The number of hydrogen-bond acceptors (Lipinski definition) is 9. The van der Waals surface area contributed by atoms with Gasteiger partial charge in [0, 0.05) is 11.1 Å². The molecule has 0 aliphatic carbocycles. The number of ether oxygens (including phenoxy) is 3. The summed E-state index contributed by atoms with van der Waals surface area (Å²) >= 11 is 0. The van der Waals surface area contributed by atoms with Crippen molar-refractivity contribution in [3.8, 4) is 0 Å². The van der Waals surface area contributed by atoms with Gasteiger partial charge >= 0.3 is 27.1 Å². The Morgan fingerprint density at radius 2 is 1.07 bits per heavy atom. The average molecular weight is 458 g/mol. The van der Waals surface area contributed by atoms with Gasteiger partial charge in [0.1, 0.15) is 13.2 Å². The number of rotatable bonds is 16. The van der Waals surface area contributed by atoms with Crippen molar-refractivity contribution in [2.24, 2.45) is 0 Å². The maximum atomic E-state index is 11.7. The third-order valence-electron chi connectivity index (χ3n) is 2.95. The van der Waals surface area contributed by atoms with Gasteiger partial charge in [0.2, 0.25) is 0 Å². The van der Waals surface area contributed by atoms with Crippen molar-refractivity contribution in [3.05, 3.63) is 24.3 Å². The van der Waals surface area contributed by atoms with Crippen LogP contribution in [0.2, 0.25) is 0 Å². The maximum Gasteiger partial charge on any atom is 0.333 e. The molecule has 168 valence electrons. The summed E-state index contributed by atoms with van der Waals surface area (Å²) in [5.41, 5.74) is 0.396. The summed E-state index contributed by atoms with van der Waals surface area (Å²) in [6.45, 7) is 8.34. The van der Waals surface area contributed by atoms with Gasteiger partial charge in [-0.05, 0) is 13.8 Å². The van der Waals surface area contributed by atoms with Crippen LogP contribution in [0.5, 0.6) is 0 Å². The molecule has 0 aromatic rings. The van der Waals surface area contributed by atoms with Gasteiger partial charge in [-0.1, -0.05) is 13.2 Å². The van der Waals surface area contributed by atoms with E-state index in [1.165, 1.54) is 13.8 Å². The first kappa shape index (κ1) is 27.7. The van der Waals surface area contributed by atoms with E-state index in [0.29, 0.717) is 0 Å². The summed E-state index contributed by atoms with van der Waals surface area (Å²) < 4.78 is 47.5. The highest BCUT2D eigenvalue weighted by atomic mass is 31.2. The average Bonchev–Trinajstić information content (AvgIpc) is 2.61. The van der Waals surface area contributed by atoms with Crippen molar-refractivity contribution >= 4 is 27.1 Å². The van der Waals surface area contributed by atoms with Crippen LogP contribution in [0.25, 0.3) is 0 Å². The molecule has 29 heavy (non-hydrogen) atoms. The van der Waals surface area contributed by atoms with Crippen LogP contribution < -0.4 is 0 Å². The molecule has 0 aromatic carbocycles. The third-order valence-corrected chi connectivity index (χ3v) is 5.62. The van der Waals surface area contributed by atoms with Crippen LogP contribution in [-0.2, 0) is 42.0 Å². The second kappa shape index (κ2) is 13.8. The maximum absolute atomic E-state index is 11.7. The molecule has 13 heteroatoms. The molecule has 0 amide bonds. The Morgan fingerprint density at radius 1 is 0.724 bits per heavy atom. The molecule has 2 unspecified atom stereocenters. The zero-order chi connectivity index (χ0) is 22.5. The Morgan fingerprint density at radius 3 is 1.38 bits per heavy atom. The zero-order valence-corrected chi connectivity index (χ0v) is 18.3. The van der Waals surface area contributed by atoms with E-state index in [1.54, 1.807) is 0 Å². The van der Waals surface area contributed by atoms with E-state index < -0.39 is 27.1 Å². The fraction of sp³-hybridized carbons (Fsp3) is 0.625. The Balaban J connectivity index is 3.88. The van der Waals surface area contributed by atoms with Crippen molar-refractivity contribution in [3.63, 3.8) is 0 Å². The van der Waals surface area contributed by atoms with Crippen molar-refractivity contribution in [1.29, 1.82) is 0 Å². The summed E-state index contributed by atoms with van der Waals surface area (Å²) in [7, 11) is -7.91. The minimum Gasteiger partial charge on any atom is -0.460 e. The van der Waals surface area contributed by atoms with Crippen LogP contribution in [-0.4, -0.2) is 73.7 Å². The number of hydrogen-bond donors (Lipinski definition) is 2. The summed E-state index contributed by atoms with van der Waals surface area (Å²) in [6.07, 6.45) is -0.705. The molecule has 0 saturated carbocycles. The Bertz CT molecular complexity index is 618. The molecule has 0 aliphatic heterocycles. The van der Waals surface area contributed by atoms with Gasteiger partial charge in [0.25, 0.3) is 0 Å². The Kier molecular flexibility index (Phi) is 13.2. The van der Waals surface area contributed by atoms with Crippen LogP contribution in [0.15, 0.2) is 24.3 Å². The predicted molar refractivity (Wildman–Crippen MR) is 104 cm³/mol. The van der Waals surface area contributed by atoms with Gasteiger partial charge in [0.15, 0.2) is 0 Å². The smallest absolute Gasteiger partial charge is 0.333 e. The highest BCUT2D eigenvalue weighted by Crippen LogP contribution is 2.42. The molecule has 0 heterocycles. The largest absolute Gasteiger partial charge is 0.460 e. The van der Waals surface area contributed by atoms with Gasteiger partial charge in [0.05, 0.1) is 38.8 Å². The predicted octanol–water partition coefficient (Wildman–Crippen LogP) is 1.65. The van der Waals surface area contributed by atoms with Crippen LogP contribution in [0.3, 0.4) is 0 Å².